The van der Waals surface area contributed by atoms with Gasteiger partial charge < -0.3 is 5.32 Å². The number of aromatic amines is 1. The average Bonchev–Trinajstić information content (AvgIpc) is 3.16. The molecule has 0 spiro atoms. The topological polar surface area (TPSA) is 83.6 Å². The molecule has 1 amide bonds. The molecular formula is C17H13Cl2F2N5O. The Morgan fingerprint density at radius 1 is 1.15 bits per heavy atom. The Bertz CT molecular complexity index is 953. The van der Waals surface area contributed by atoms with Gasteiger partial charge in [0.15, 0.2) is 11.6 Å². The van der Waals surface area contributed by atoms with E-state index < -0.39 is 17.7 Å². The van der Waals surface area contributed by atoms with Crippen molar-refractivity contribution in [3.8, 4) is 0 Å². The fourth-order valence-electron chi connectivity index (χ4n) is 2.49. The van der Waals surface area contributed by atoms with Crippen molar-refractivity contribution in [1.29, 1.82) is 0 Å². The molecule has 1 aromatic heterocycles. The molecule has 3 aromatic rings. The van der Waals surface area contributed by atoms with Crippen LogP contribution in [0.5, 0.6) is 0 Å². The van der Waals surface area contributed by atoms with Crippen molar-refractivity contribution in [2.75, 3.05) is 0 Å². The van der Waals surface area contributed by atoms with Crippen molar-refractivity contribution >= 4 is 29.1 Å². The zero-order valence-corrected chi connectivity index (χ0v) is 15.2. The smallest absolute Gasteiger partial charge is 0.221 e. The van der Waals surface area contributed by atoms with Gasteiger partial charge in [0, 0.05) is 16.5 Å². The largest absolute Gasteiger partial charge is 0.342 e. The number of hydrogen-bond acceptors (Lipinski definition) is 4. The van der Waals surface area contributed by atoms with Gasteiger partial charge in [0.25, 0.3) is 0 Å². The van der Waals surface area contributed by atoms with E-state index in [2.05, 4.69) is 25.9 Å². The van der Waals surface area contributed by atoms with Crippen LogP contribution in [-0.2, 0) is 11.2 Å². The Hall–Kier alpha value is -2.58. The molecule has 0 saturated carbocycles. The molecule has 2 aromatic carbocycles. The van der Waals surface area contributed by atoms with Crippen molar-refractivity contribution in [1.82, 2.24) is 25.9 Å². The number of rotatable bonds is 6. The molecule has 27 heavy (non-hydrogen) atoms. The van der Waals surface area contributed by atoms with E-state index in [1.807, 2.05) is 0 Å². The van der Waals surface area contributed by atoms with E-state index in [4.69, 9.17) is 23.2 Å². The molecule has 1 atom stereocenters. The minimum Gasteiger partial charge on any atom is -0.342 e. The summed E-state index contributed by atoms with van der Waals surface area (Å²) in [6.07, 6.45) is 0.484. The van der Waals surface area contributed by atoms with E-state index in [9.17, 15) is 13.6 Å². The van der Waals surface area contributed by atoms with Gasteiger partial charge in [-0.15, -0.1) is 10.2 Å². The third-order valence-corrected chi connectivity index (χ3v) is 4.43. The highest BCUT2D eigenvalue weighted by Gasteiger charge is 2.22. The molecule has 2 N–H and O–H groups in total. The second-order valence-electron chi connectivity index (χ2n) is 5.68. The Kier molecular flexibility index (Phi) is 5.98. The number of amides is 1. The maximum absolute atomic E-state index is 13.6. The highest BCUT2D eigenvalue weighted by Crippen LogP contribution is 2.23. The van der Waals surface area contributed by atoms with E-state index >= 15 is 0 Å². The lowest BCUT2D eigenvalue weighted by atomic mass is 10.0. The predicted molar refractivity (Wildman–Crippen MR) is 95.3 cm³/mol. The molecule has 0 unspecified atom stereocenters. The van der Waals surface area contributed by atoms with Crippen molar-refractivity contribution in [2.24, 2.45) is 0 Å². The van der Waals surface area contributed by atoms with E-state index in [1.165, 1.54) is 6.07 Å². The molecule has 0 radical (unpaired) electrons. The van der Waals surface area contributed by atoms with Crippen molar-refractivity contribution in [3.63, 3.8) is 0 Å². The van der Waals surface area contributed by atoms with Gasteiger partial charge in [0.2, 0.25) is 11.7 Å². The lowest BCUT2D eigenvalue weighted by Crippen LogP contribution is -2.30. The van der Waals surface area contributed by atoms with Gasteiger partial charge in [-0.3, -0.25) is 4.79 Å². The standard InChI is InChI=1S/C17H13Cl2F2N5O/c18-11-4-1-9(12(19)8-11)3-6-15(27)22-16(17-23-25-26-24-17)10-2-5-13(20)14(21)7-10/h1-2,4-5,7-8,16H,3,6H2,(H,22,27)(H,23,24,25,26)/t16-/m1/s1. The number of aryl methyl sites for hydroxylation is 1. The number of hydrogen-bond donors (Lipinski definition) is 2. The van der Waals surface area contributed by atoms with Crippen molar-refractivity contribution in [2.45, 2.75) is 18.9 Å². The van der Waals surface area contributed by atoms with Crippen LogP contribution in [0, 0.1) is 11.6 Å². The quantitative estimate of drug-likeness (QED) is 0.648. The lowest BCUT2D eigenvalue weighted by Gasteiger charge is -2.16. The van der Waals surface area contributed by atoms with Gasteiger partial charge in [-0.1, -0.05) is 40.5 Å². The van der Waals surface area contributed by atoms with E-state index in [1.54, 1.807) is 18.2 Å². The van der Waals surface area contributed by atoms with Gasteiger partial charge >= 0.3 is 0 Å². The first-order valence-electron chi connectivity index (χ1n) is 7.85. The molecule has 0 aliphatic rings. The third kappa shape index (κ3) is 4.78. The van der Waals surface area contributed by atoms with Crippen LogP contribution in [0.4, 0.5) is 8.78 Å². The fourth-order valence-corrected chi connectivity index (χ4v) is 2.99. The van der Waals surface area contributed by atoms with Crippen LogP contribution in [0.25, 0.3) is 0 Å². The van der Waals surface area contributed by atoms with Crippen LogP contribution in [0.15, 0.2) is 36.4 Å². The highest BCUT2D eigenvalue weighted by molar-refractivity contribution is 6.35. The van der Waals surface area contributed by atoms with Gasteiger partial charge in [-0.05, 0) is 41.8 Å². The van der Waals surface area contributed by atoms with Gasteiger partial charge in [-0.2, -0.15) is 5.21 Å². The summed E-state index contributed by atoms with van der Waals surface area (Å²) in [5.74, 6) is -2.25. The average molecular weight is 412 g/mol. The number of halogens is 4. The summed E-state index contributed by atoms with van der Waals surface area (Å²) in [6.45, 7) is 0. The SMILES string of the molecule is O=C(CCc1ccc(Cl)cc1Cl)N[C@H](c1ccc(F)c(F)c1)c1nn[nH]n1. The van der Waals surface area contributed by atoms with Crippen LogP contribution in [0.1, 0.15) is 29.4 Å². The first-order chi connectivity index (χ1) is 12.9. The van der Waals surface area contributed by atoms with Crippen LogP contribution in [0.3, 0.4) is 0 Å². The summed E-state index contributed by atoms with van der Waals surface area (Å²) in [5, 5.41) is 17.0. The molecule has 0 fully saturated rings. The summed E-state index contributed by atoms with van der Waals surface area (Å²) < 4.78 is 26.8. The Morgan fingerprint density at radius 3 is 2.63 bits per heavy atom. The molecule has 0 aliphatic heterocycles. The summed E-state index contributed by atoms with van der Waals surface area (Å²) in [7, 11) is 0. The minimum absolute atomic E-state index is 0.110. The summed E-state index contributed by atoms with van der Waals surface area (Å²) >= 11 is 12.0. The number of H-pyrrole nitrogens is 1. The first kappa shape index (κ1) is 19.2. The number of tetrazole rings is 1. The Morgan fingerprint density at radius 2 is 1.96 bits per heavy atom. The third-order valence-electron chi connectivity index (χ3n) is 3.84. The molecule has 10 heteroatoms. The fraction of sp³-hybridized carbons (Fsp3) is 0.176. The van der Waals surface area contributed by atoms with Crippen molar-refractivity contribution < 1.29 is 13.6 Å². The normalized spacial score (nSPS) is 12.0. The van der Waals surface area contributed by atoms with Crippen molar-refractivity contribution in [3.05, 3.63) is 75.0 Å². The molecule has 0 bridgehead atoms. The second kappa shape index (κ2) is 8.41. The van der Waals surface area contributed by atoms with E-state index in [0.29, 0.717) is 16.5 Å². The number of aromatic nitrogens is 4. The Balaban J connectivity index is 1.74. The number of benzene rings is 2. The van der Waals surface area contributed by atoms with Gasteiger partial charge in [-0.25, -0.2) is 8.78 Å². The predicted octanol–water partition coefficient (Wildman–Crippen LogP) is 3.62. The maximum Gasteiger partial charge on any atom is 0.221 e. The number of carbonyl (C=O) groups excluding carboxylic acids is 1. The zero-order valence-electron chi connectivity index (χ0n) is 13.7. The molecule has 0 saturated heterocycles. The molecule has 0 aliphatic carbocycles. The summed E-state index contributed by atoms with van der Waals surface area (Å²) in [6, 6.07) is 7.43. The van der Waals surface area contributed by atoms with Gasteiger partial charge in [0.05, 0.1) is 0 Å². The maximum atomic E-state index is 13.6. The van der Waals surface area contributed by atoms with Crippen LogP contribution in [0.2, 0.25) is 10.0 Å². The van der Waals surface area contributed by atoms with Crippen LogP contribution < -0.4 is 5.32 Å². The molecule has 1 heterocycles. The van der Waals surface area contributed by atoms with E-state index in [0.717, 1.165) is 17.7 Å². The zero-order chi connectivity index (χ0) is 19.4. The number of nitrogens with one attached hydrogen (secondary N) is 2. The molecule has 3 rings (SSSR count). The Labute approximate surface area is 162 Å². The highest BCUT2D eigenvalue weighted by atomic mass is 35.5. The molecule has 140 valence electrons. The number of nitrogens with zero attached hydrogens (tertiary/aromatic N) is 3. The number of carbonyl (C=O) groups is 1. The first-order valence-corrected chi connectivity index (χ1v) is 8.61. The van der Waals surface area contributed by atoms with E-state index in [-0.39, 0.29) is 23.7 Å². The van der Waals surface area contributed by atoms with Crippen LogP contribution in [-0.4, -0.2) is 26.5 Å². The minimum atomic E-state index is -1.04. The summed E-state index contributed by atoms with van der Waals surface area (Å²) in [5.41, 5.74) is 1.05. The lowest BCUT2D eigenvalue weighted by molar-refractivity contribution is -0.121. The van der Waals surface area contributed by atoms with Gasteiger partial charge in [0.1, 0.15) is 6.04 Å². The monoisotopic (exact) mass is 411 g/mol. The molecule has 6 nitrogen and oxygen atoms in total. The summed E-state index contributed by atoms with van der Waals surface area (Å²) in [4.78, 5) is 12.4. The second-order valence-corrected chi connectivity index (χ2v) is 6.52. The molecular weight excluding hydrogens is 399 g/mol. The van der Waals surface area contributed by atoms with Crippen LogP contribution >= 0.6 is 23.2 Å².